The van der Waals surface area contributed by atoms with E-state index >= 15 is 0 Å². The van der Waals surface area contributed by atoms with Gasteiger partial charge in [0.2, 0.25) is 5.60 Å². The number of fused-ring (bicyclic) bond motifs is 3. The summed E-state index contributed by atoms with van der Waals surface area (Å²) in [6.45, 7) is 6.73. The van der Waals surface area contributed by atoms with Gasteiger partial charge in [0.25, 0.3) is 0 Å². The smallest absolute Gasteiger partial charge is 0.425 e. The van der Waals surface area contributed by atoms with E-state index < -0.39 is 23.0 Å². The van der Waals surface area contributed by atoms with Crippen LogP contribution in [0, 0.1) is 0 Å². The number of halogens is 3. The summed E-state index contributed by atoms with van der Waals surface area (Å²) in [7, 11) is 0. The Balaban J connectivity index is 1.91. The van der Waals surface area contributed by atoms with E-state index in [4.69, 9.17) is 4.74 Å². The normalized spacial score (nSPS) is 17.9. The van der Waals surface area contributed by atoms with Crippen LogP contribution in [0.1, 0.15) is 45.2 Å². The van der Waals surface area contributed by atoms with Crippen LogP contribution in [0.5, 0.6) is 5.75 Å². The summed E-state index contributed by atoms with van der Waals surface area (Å²) in [6.07, 6.45) is -1.58. The monoisotopic (exact) mass is 490 g/mol. The number of nitrogens with zero attached hydrogens (tertiary/aromatic N) is 2. The minimum Gasteiger partial charge on any atom is -0.493 e. The predicted molar refractivity (Wildman–Crippen MR) is 125 cm³/mol. The molecule has 0 aliphatic heterocycles. The topological polar surface area (TPSA) is 87.7 Å². The Hall–Kier alpha value is -2.88. The van der Waals surface area contributed by atoms with Gasteiger partial charge in [-0.15, -0.1) is 0 Å². The molecule has 0 fully saturated rings. The molecule has 9 heteroatoms. The second-order valence-electron chi connectivity index (χ2n) is 10.3. The fraction of sp³-hybridized carbons (Fsp3) is 0.423. The Morgan fingerprint density at radius 3 is 2.29 bits per heavy atom. The van der Waals surface area contributed by atoms with Crippen molar-refractivity contribution in [1.29, 1.82) is 0 Å². The van der Waals surface area contributed by atoms with Gasteiger partial charge in [0.1, 0.15) is 5.75 Å². The number of benzene rings is 2. The zero-order valence-corrected chi connectivity index (χ0v) is 20.0. The van der Waals surface area contributed by atoms with Crippen LogP contribution in [0.2, 0.25) is 0 Å². The Labute approximate surface area is 201 Å². The van der Waals surface area contributed by atoms with Crippen LogP contribution in [0.3, 0.4) is 0 Å². The second kappa shape index (κ2) is 8.36. The molecule has 1 heterocycles. The lowest BCUT2D eigenvalue weighted by Crippen LogP contribution is -2.41. The summed E-state index contributed by atoms with van der Waals surface area (Å²) >= 11 is 0. The molecule has 0 saturated carbocycles. The lowest BCUT2D eigenvalue weighted by atomic mass is 9.89. The Kier molecular flexibility index (Phi) is 6.02. The lowest BCUT2D eigenvalue weighted by Gasteiger charge is -2.29. The maximum Gasteiger partial charge on any atom is 0.425 e. The van der Waals surface area contributed by atoms with Crippen LogP contribution in [-0.4, -0.2) is 49.1 Å². The molecule has 188 valence electrons. The first kappa shape index (κ1) is 25.2. The van der Waals surface area contributed by atoms with Gasteiger partial charge in [-0.2, -0.15) is 18.3 Å². The third kappa shape index (κ3) is 4.80. The van der Waals surface area contributed by atoms with Gasteiger partial charge in [-0.25, -0.2) is 0 Å². The first-order chi connectivity index (χ1) is 16.1. The summed E-state index contributed by atoms with van der Waals surface area (Å²) in [6, 6.07) is 8.76. The molecule has 0 spiro atoms. The Morgan fingerprint density at radius 2 is 1.66 bits per heavy atom. The zero-order chi connectivity index (χ0) is 25.8. The number of aromatic nitrogens is 2. The number of aliphatic hydroxyl groups is 3. The molecule has 0 bridgehead atoms. The molecular formula is C26H29F3N2O4. The van der Waals surface area contributed by atoms with Crippen molar-refractivity contribution < 1.29 is 33.2 Å². The number of alkyl halides is 3. The van der Waals surface area contributed by atoms with Crippen molar-refractivity contribution in [3.05, 3.63) is 59.9 Å². The summed E-state index contributed by atoms with van der Waals surface area (Å²) in [5.74, 6) is 0.133. The third-order valence-corrected chi connectivity index (χ3v) is 5.97. The third-order valence-electron chi connectivity index (χ3n) is 5.97. The fourth-order valence-corrected chi connectivity index (χ4v) is 4.37. The van der Waals surface area contributed by atoms with Crippen LogP contribution in [0.25, 0.3) is 22.3 Å². The van der Waals surface area contributed by atoms with Crippen LogP contribution >= 0.6 is 0 Å². The van der Waals surface area contributed by atoms with Crippen molar-refractivity contribution in [3.63, 3.8) is 0 Å². The van der Waals surface area contributed by atoms with E-state index in [9.17, 15) is 28.5 Å². The first-order valence-electron chi connectivity index (χ1n) is 11.3. The molecule has 4 rings (SSSR count). The maximum absolute atomic E-state index is 14.4. The van der Waals surface area contributed by atoms with Crippen LogP contribution in [0.15, 0.2) is 48.8 Å². The van der Waals surface area contributed by atoms with Gasteiger partial charge >= 0.3 is 6.18 Å². The molecule has 3 N–H and O–H groups in total. The lowest BCUT2D eigenvalue weighted by molar-refractivity contribution is -0.246. The van der Waals surface area contributed by atoms with Gasteiger partial charge in [-0.3, -0.25) is 4.68 Å². The summed E-state index contributed by atoms with van der Waals surface area (Å²) in [4.78, 5) is 0. The summed E-state index contributed by atoms with van der Waals surface area (Å²) in [5.41, 5.74) is -4.40. The standard InChI is InChI=1S/C26H29F3N2O4/c1-23(2,32)9-10-35-17-11-19(16-13-30-31(14-16)15-24(3,4)33)22-18-7-5-6-8-20(18)25(34,21(22)12-17)26(27,28)29/h5-8,11-14,32-34H,9-10,15H2,1-4H3/t25-/m1/s1. The van der Waals surface area contributed by atoms with Crippen LogP contribution < -0.4 is 4.74 Å². The zero-order valence-electron chi connectivity index (χ0n) is 20.0. The molecule has 6 nitrogen and oxygen atoms in total. The minimum absolute atomic E-state index is 0.0666. The van der Waals surface area contributed by atoms with Crippen molar-refractivity contribution >= 4 is 0 Å². The highest BCUT2D eigenvalue weighted by Gasteiger charge is 2.61. The highest BCUT2D eigenvalue weighted by molar-refractivity contribution is 5.93. The second-order valence-corrected chi connectivity index (χ2v) is 10.3. The largest absolute Gasteiger partial charge is 0.493 e. The molecule has 0 radical (unpaired) electrons. The number of ether oxygens (including phenoxy) is 1. The highest BCUT2D eigenvalue weighted by Crippen LogP contribution is 2.58. The number of hydrogen-bond acceptors (Lipinski definition) is 5. The van der Waals surface area contributed by atoms with Crippen molar-refractivity contribution in [2.24, 2.45) is 0 Å². The SMILES string of the molecule is CC(C)(O)CCOc1cc(-c2cnn(CC(C)(C)O)c2)c2c(c1)[C@@](O)(C(F)(F)F)c1ccccc1-2. The average Bonchev–Trinajstić information content (AvgIpc) is 3.27. The van der Waals surface area contributed by atoms with E-state index in [1.165, 1.54) is 29.1 Å². The van der Waals surface area contributed by atoms with E-state index in [1.54, 1.807) is 52.1 Å². The molecule has 0 unspecified atom stereocenters. The molecule has 0 saturated heterocycles. The molecule has 2 aromatic carbocycles. The predicted octanol–water partition coefficient (Wildman–Crippen LogP) is 4.64. The Bertz CT molecular complexity index is 1240. The van der Waals surface area contributed by atoms with Gasteiger partial charge in [0, 0.05) is 29.3 Å². The van der Waals surface area contributed by atoms with E-state index in [2.05, 4.69) is 5.10 Å². The van der Waals surface area contributed by atoms with E-state index in [0.717, 1.165) is 0 Å². The van der Waals surface area contributed by atoms with E-state index in [-0.39, 0.29) is 47.6 Å². The van der Waals surface area contributed by atoms with Crippen molar-refractivity contribution in [2.45, 2.75) is 63.6 Å². The molecule has 1 aromatic heterocycles. The van der Waals surface area contributed by atoms with Crippen molar-refractivity contribution in [3.8, 4) is 28.0 Å². The molecule has 1 aliphatic rings. The fourth-order valence-electron chi connectivity index (χ4n) is 4.37. The van der Waals surface area contributed by atoms with Gasteiger partial charge in [-0.1, -0.05) is 24.3 Å². The summed E-state index contributed by atoms with van der Waals surface area (Å²) in [5, 5.41) is 35.6. The van der Waals surface area contributed by atoms with Crippen LogP contribution in [0.4, 0.5) is 13.2 Å². The first-order valence-corrected chi connectivity index (χ1v) is 11.3. The highest BCUT2D eigenvalue weighted by atomic mass is 19.4. The van der Waals surface area contributed by atoms with Crippen molar-refractivity contribution in [2.75, 3.05) is 6.61 Å². The summed E-state index contributed by atoms with van der Waals surface area (Å²) < 4.78 is 50.5. The molecular weight excluding hydrogens is 461 g/mol. The number of hydrogen-bond donors (Lipinski definition) is 3. The van der Waals surface area contributed by atoms with Crippen molar-refractivity contribution in [1.82, 2.24) is 9.78 Å². The molecule has 1 atom stereocenters. The number of rotatable bonds is 7. The Morgan fingerprint density at radius 1 is 0.971 bits per heavy atom. The maximum atomic E-state index is 14.4. The van der Waals surface area contributed by atoms with Gasteiger partial charge in [-0.05, 0) is 56.5 Å². The van der Waals surface area contributed by atoms with E-state index in [1.807, 2.05) is 0 Å². The van der Waals surface area contributed by atoms with Gasteiger partial charge in [0.15, 0.2) is 0 Å². The molecule has 1 aliphatic carbocycles. The van der Waals surface area contributed by atoms with Gasteiger partial charge in [0.05, 0.1) is 30.6 Å². The van der Waals surface area contributed by atoms with E-state index in [0.29, 0.717) is 11.1 Å². The minimum atomic E-state index is -4.98. The molecule has 35 heavy (non-hydrogen) atoms. The van der Waals surface area contributed by atoms with Crippen LogP contribution in [-0.2, 0) is 12.1 Å². The van der Waals surface area contributed by atoms with Gasteiger partial charge < -0.3 is 20.1 Å². The molecule has 0 amide bonds. The quantitative estimate of drug-likeness (QED) is 0.449. The molecule has 3 aromatic rings. The average molecular weight is 491 g/mol.